The minimum absolute atomic E-state index is 0.172. The third-order valence-electron chi connectivity index (χ3n) is 3.42. The number of benzene rings is 1. The van der Waals surface area contributed by atoms with Crippen LogP contribution in [0, 0.1) is 6.92 Å². The van der Waals surface area contributed by atoms with Crippen molar-refractivity contribution in [3.63, 3.8) is 0 Å². The standard InChI is InChI=1S/C16H13F3N4S2/c1-8-13(11-7-12(24-2)23-15(20)22-11)25-14(21-8)9-3-5-10(6-4-9)16(17,18)19/h3-7H,1-2H3,(H2,20,22,23). The van der Waals surface area contributed by atoms with Gasteiger partial charge in [-0.05, 0) is 31.4 Å². The van der Waals surface area contributed by atoms with Crippen LogP contribution in [0.5, 0.6) is 0 Å². The molecule has 0 aliphatic carbocycles. The largest absolute Gasteiger partial charge is 0.416 e. The molecule has 0 fully saturated rings. The highest BCUT2D eigenvalue weighted by atomic mass is 32.2. The van der Waals surface area contributed by atoms with E-state index in [0.717, 1.165) is 27.7 Å². The number of rotatable bonds is 3. The fourth-order valence-electron chi connectivity index (χ4n) is 2.22. The lowest BCUT2D eigenvalue weighted by Crippen LogP contribution is -2.03. The summed E-state index contributed by atoms with van der Waals surface area (Å²) in [6.07, 6.45) is -2.46. The Morgan fingerprint density at radius 1 is 1.08 bits per heavy atom. The molecule has 2 aromatic heterocycles. The van der Waals surface area contributed by atoms with Gasteiger partial charge in [0.25, 0.3) is 0 Å². The SMILES string of the molecule is CSc1cc(-c2sc(-c3ccc(C(F)(F)F)cc3)nc2C)nc(N)n1. The molecule has 0 aliphatic heterocycles. The lowest BCUT2D eigenvalue weighted by atomic mass is 10.1. The molecular formula is C16H13F3N4S2. The van der Waals surface area contributed by atoms with Gasteiger partial charge in [0.2, 0.25) is 5.95 Å². The zero-order chi connectivity index (χ0) is 18.2. The van der Waals surface area contributed by atoms with E-state index in [-0.39, 0.29) is 5.95 Å². The molecule has 2 heterocycles. The minimum Gasteiger partial charge on any atom is -0.368 e. The molecule has 1 aromatic carbocycles. The highest BCUT2D eigenvalue weighted by molar-refractivity contribution is 7.98. The van der Waals surface area contributed by atoms with Crippen LogP contribution < -0.4 is 5.73 Å². The van der Waals surface area contributed by atoms with Gasteiger partial charge in [-0.2, -0.15) is 13.2 Å². The predicted octanol–water partition coefficient (Wildman–Crippen LogP) is 4.90. The highest BCUT2D eigenvalue weighted by Gasteiger charge is 2.30. The summed E-state index contributed by atoms with van der Waals surface area (Å²) in [5.41, 5.74) is 7.08. The predicted molar refractivity (Wildman–Crippen MR) is 94.5 cm³/mol. The summed E-state index contributed by atoms with van der Waals surface area (Å²) in [5.74, 6) is 0.172. The average molecular weight is 382 g/mol. The summed E-state index contributed by atoms with van der Waals surface area (Å²) >= 11 is 2.81. The van der Waals surface area contributed by atoms with Gasteiger partial charge in [-0.25, -0.2) is 15.0 Å². The van der Waals surface area contributed by atoms with E-state index < -0.39 is 11.7 Å². The normalized spacial score (nSPS) is 11.7. The Labute approximate surface area is 150 Å². The first-order valence-corrected chi connectivity index (χ1v) is 9.16. The second kappa shape index (κ2) is 6.64. The van der Waals surface area contributed by atoms with Gasteiger partial charge in [0.05, 0.1) is 21.8 Å². The van der Waals surface area contributed by atoms with Crippen LogP contribution in [-0.2, 0) is 6.18 Å². The van der Waals surface area contributed by atoms with E-state index in [1.165, 1.54) is 35.2 Å². The van der Waals surface area contributed by atoms with E-state index in [2.05, 4.69) is 15.0 Å². The molecule has 0 spiro atoms. The van der Waals surface area contributed by atoms with Crippen molar-refractivity contribution in [2.75, 3.05) is 12.0 Å². The molecule has 0 atom stereocenters. The van der Waals surface area contributed by atoms with E-state index in [4.69, 9.17) is 5.73 Å². The first-order chi connectivity index (χ1) is 11.8. The Balaban J connectivity index is 1.99. The molecule has 0 aliphatic rings. The van der Waals surface area contributed by atoms with Crippen molar-refractivity contribution in [2.24, 2.45) is 0 Å². The van der Waals surface area contributed by atoms with Crippen molar-refractivity contribution < 1.29 is 13.2 Å². The monoisotopic (exact) mass is 382 g/mol. The number of halogens is 3. The number of nitrogen functional groups attached to an aromatic ring is 1. The van der Waals surface area contributed by atoms with Crippen molar-refractivity contribution in [3.05, 3.63) is 41.6 Å². The molecule has 0 bridgehead atoms. The molecule has 0 saturated carbocycles. The van der Waals surface area contributed by atoms with Crippen LogP contribution in [0.25, 0.3) is 21.1 Å². The number of hydrogen-bond acceptors (Lipinski definition) is 6. The quantitative estimate of drug-likeness (QED) is 0.516. The van der Waals surface area contributed by atoms with Crippen LogP contribution in [0.15, 0.2) is 35.4 Å². The Hall–Kier alpha value is -2.13. The van der Waals surface area contributed by atoms with Crippen molar-refractivity contribution in [2.45, 2.75) is 18.1 Å². The Morgan fingerprint density at radius 2 is 1.76 bits per heavy atom. The second-order valence-electron chi connectivity index (χ2n) is 5.16. The van der Waals surface area contributed by atoms with Gasteiger partial charge in [0, 0.05) is 5.56 Å². The zero-order valence-electron chi connectivity index (χ0n) is 13.3. The number of hydrogen-bond donors (Lipinski definition) is 1. The van der Waals surface area contributed by atoms with E-state index in [9.17, 15) is 13.2 Å². The van der Waals surface area contributed by atoms with E-state index in [1.54, 1.807) is 0 Å². The van der Waals surface area contributed by atoms with Crippen LogP contribution in [-0.4, -0.2) is 21.2 Å². The van der Waals surface area contributed by atoms with E-state index in [1.807, 2.05) is 19.2 Å². The summed E-state index contributed by atoms with van der Waals surface area (Å²) in [4.78, 5) is 13.6. The summed E-state index contributed by atoms with van der Waals surface area (Å²) in [7, 11) is 0. The summed E-state index contributed by atoms with van der Waals surface area (Å²) < 4.78 is 38.0. The number of anilines is 1. The minimum atomic E-state index is -4.35. The van der Waals surface area contributed by atoms with Gasteiger partial charge in [0.1, 0.15) is 10.0 Å². The lowest BCUT2D eigenvalue weighted by molar-refractivity contribution is -0.137. The molecule has 4 nitrogen and oxygen atoms in total. The third-order valence-corrected chi connectivity index (χ3v) is 5.27. The summed E-state index contributed by atoms with van der Waals surface area (Å²) in [5, 5.41) is 1.37. The Kier molecular flexibility index (Phi) is 4.70. The number of thiazole rings is 1. The van der Waals surface area contributed by atoms with Crippen LogP contribution in [0.3, 0.4) is 0 Å². The van der Waals surface area contributed by atoms with Crippen LogP contribution >= 0.6 is 23.1 Å². The summed E-state index contributed by atoms with van der Waals surface area (Å²) in [6, 6.07) is 6.78. The maximum atomic E-state index is 12.7. The van der Waals surface area contributed by atoms with Crippen molar-refractivity contribution in [1.82, 2.24) is 15.0 Å². The lowest BCUT2D eigenvalue weighted by Gasteiger charge is -2.06. The van der Waals surface area contributed by atoms with E-state index >= 15 is 0 Å². The van der Waals surface area contributed by atoms with Crippen molar-refractivity contribution in [1.29, 1.82) is 0 Å². The first kappa shape index (κ1) is 17.7. The summed E-state index contributed by atoms with van der Waals surface area (Å²) in [6.45, 7) is 1.83. The maximum absolute atomic E-state index is 12.7. The van der Waals surface area contributed by atoms with Gasteiger partial charge < -0.3 is 5.73 Å². The molecule has 3 aromatic rings. The molecule has 0 radical (unpaired) electrons. The number of thioether (sulfide) groups is 1. The fraction of sp³-hybridized carbons (Fsp3) is 0.188. The average Bonchev–Trinajstić information content (AvgIpc) is 2.95. The van der Waals surface area contributed by atoms with Gasteiger partial charge in [-0.1, -0.05) is 12.1 Å². The fourth-order valence-corrected chi connectivity index (χ4v) is 3.67. The molecule has 0 unspecified atom stereocenters. The van der Waals surface area contributed by atoms with Gasteiger partial charge in [-0.15, -0.1) is 23.1 Å². The Morgan fingerprint density at radius 3 is 2.36 bits per heavy atom. The number of alkyl halides is 3. The van der Waals surface area contributed by atoms with Crippen LogP contribution in [0.1, 0.15) is 11.3 Å². The molecule has 9 heteroatoms. The smallest absolute Gasteiger partial charge is 0.368 e. The van der Waals surface area contributed by atoms with Crippen molar-refractivity contribution >= 4 is 29.0 Å². The van der Waals surface area contributed by atoms with Gasteiger partial charge >= 0.3 is 6.18 Å². The molecule has 25 heavy (non-hydrogen) atoms. The third kappa shape index (κ3) is 3.77. The molecule has 130 valence electrons. The van der Waals surface area contributed by atoms with Gasteiger partial charge in [-0.3, -0.25) is 0 Å². The number of nitrogens with zero attached hydrogens (tertiary/aromatic N) is 3. The second-order valence-corrected chi connectivity index (χ2v) is 6.99. The topological polar surface area (TPSA) is 64.7 Å². The van der Waals surface area contributed by atoms with Crippen molar-refractivity contribution in [3.8, 4) is 21.1 Å². The molecular weight excluding hydrogens is 369 g/mol. The zero-order valence-corrected chi connectivity index (χ0v) is 14.9. The Bertz CT molecular complexity index is 905. The first-order valence-electron chi connectivity index (χ1n) is 7.12. The number of aryl methyl sites for hydroxylation is 1. The maximum Gasteiger partial charge on any atom is 0.416 e. The molecule has 0 amide bonds. The highest BCUT2D eigenvalue weighted by Crippen LogP contribution is 2.36. The van der Waals surface area contributed by atoms with Crippen LogP contribution in [0.4, 0.5) is 19.1 Å². The van der Waals surface area contributed by atoms with Gasteiger partial charge in [0.15, 0.2) is 0 Å². The van der Waals surface area contributed by atoms with Crippen LogP contribution in [0.2, 0.25) is 0 Å². The van der Waals surface area contributed by atoms with E-state index in [0.29, 0.717) is 16.3 Å². The molecule has 3 rings (SSSR count). The molecule has 0 saturated heterocycles. The number of nitrogens with two attached hydrogens (primary N) is 1. The number of aromatic nitrogens is 3. The molecule has 2 N–H and O–H groups in total.